The van der Waals surface area contributed by atoms with Gasteiger partial charge in [0.25, 0.3) is 0 Å². The van der Waals surface area contributed by atoms with Gasteiger partial charge in [-0.05, 0) is 0 Å². The number of nitrogens with one attached hydrogen (secondary N) is 2. The first kappa shape index (κ1) is 14.6. The molecule has 1 atom stereocenters. The van der Waals surface area contributed by atoms with E-state index in [1.165, 1.54) is 0 Å². The Hall–Kier alpha value is -1.44. The van der Waals surface area contributed by atoms with Crippen molar-refractivity contribution in [3.05, 3.63) is 11.9 Å². The van der Waals surface area contributed by atoms with Gasteiger partial charge in [-0.1, -0.05) is 6.92 Å². The topological polar surface area (TPSA) is 94.3 Å². The van der Waals surface area contributed by atoms with Gasteiger partial charge < -0.3 is 20.2 Å². The molecule has 1 aromatic rings. The van der Waals surface area contributed by atoms with Crippen LogP contribution in [-0.2, 0) is 15.9 Å². The maximum absolute atomic E-state index is 5.36. The van der Waals surface area contributed by atoms with E-state index in [2.05, 4.69) is 20.7 Å². The average Bonchev–Trinajstić information content (AvgIpc) is 2.42. The van der Waals surface area contributed by atoms with Gasteiger partial charge in [-0.25, -0.2) is 15.8 Å². The Labute approximate surface area is 107 Å². The number of rotatable bonds is 8. The number of nitrogens with two attached hydrogens (primary N) is 1. The summed E-state index contributed by atoms with van der Waals surface area (Å²) in [6.45, 7) is 3.12. The van der Waals surface area contributed by atoms with Crippen LogP contribution in [0.3, 0.4) is 0 Å². The number of methoxy groups -OCH3 is 2. The number of hydrogen-bond acceptors (Lipinski definition) is 7. The molecular formula is C11H21N5O2. The van der Waals surface area contributed by atoms with Crippen LogP contribution < -0.4 is 16.6 Å². The number of anilines is 2. The van der Waals surface area contributed by atoms with Crippen molar-refractivity contribution in [1.82, 2.24) is 9.97 Å². The number of ether oxygens (including phenoxy) is 2. The van der Waals surface area contributed by atoms with Gasteiger partial charge >= 0.3 is 0 Å². The second-order valence-corrected chi connectivity index (χ2v) is 3.75. The fourth-order valence-corrected chi connectivity index (χ4v) is 1.43. The lowest BCUT2D eigenvalue weighted by atomic mass is 10.3. The molecule has 0 bridgehead atoms. The van der Waals surface area contributed by atoms with Crippen molar-refractivity contribution < 1.29 is 9.47 Å². The van der Waals surface area contributed by atoms with Gasteiger partial charge in [0.1, 0.15) is 17.5 Å². The van der Waals surface area contributed by atoms with E-state index in [-0.39, 0.29) is 6.10 Å². The molecule has 0 aromatic carbocycles. The van der Waals surface area contributed by atoms with E-state index in [4.69, 9.17) is 15.3 Å². The third kappa shape index (κ3) is 4.44. The molecule has 0 aliphatic heterocycles. The van der Waals surface area contributed by atoms with Crippen LogP contribution >= 0.6 is 0 Å². The highest BCUT2D eigenvalue weighted by Gasteiger charge is 2.08. The molecule has 0 spiro atoms. The Kier molecular flexibility index (Phi) is 6.34. The minimum absolute atomic E-state index is 0.0238. The molecule has 0 radical (unpaired) electrons. The van der Waals surface area contributed by atoms with Crippen molar-refractivity contribution in [3.63, 3.8) is 0 Å². The van der Waals surface area contributed by atoms with Crippen LogP contribution in [0.25, 0.3) is 0 Å². The lowest BCUT2D eigenvalue weighted by Crippen LogP contribution is -2.27. The Bertz CT molecular complexity index is 339. The Morgan fingerprint density at radius 3 is 2.61 bits per heavy atom. The van der Waals surface area contributed by atoms with Gasteiger partial charge in [0, 0.05) is 33.3 Å². The second-order valence-electron chi connectivity index (χ2n) is 3.75. The summed E-state index contributed by atoms with van der Waals surface area (Å²) in [7, 11) is 3.29. The molecule has 0 aliphatic carbocycles. The van der Waals surface area contributed by atoms with Gasteiger partial charge in [0.2, 0.25) is 0 Å². The predicted octanol–water partition coefficient (Wildman–Crippen LogP) is 0.398. The number of aromatic nitrogens is 2. The molecule has 0 amide bonds. The molecule has 4 N–H and O–H groups in total. The molecule has 1 unspecified atom stereocenters. The summed E-state index contributed by atoms with van der Waals surface area (Å²) in [4.78, 5) is 8.56. The quantitative estimate of drug-likeness (QED) is 0.457. The SMILES string of the molecule is CCc1nc(NN)cc(NCC(COC)OC)n1. The second kappa shape index (κ2) is 7.80. The molecule has 0 fully saturated rings. The van der Waals surface area contributed by atoms with E-state index in [9.17, 15) is 0 Å². The van der Waals surface area contributed by atoms with Crippen LogP contribution in [0.15, 0.2) is 6.07 Å². The van der Waals surface area contributed by atoms with Gasteiger partial charge in [-0.3, -0.25) is 0 Å². The molecular weight excluding hydrogens is 234 g/mol. The average molecular weight is 255 g/mol. The van der Waals surface area contributed by atoms with Crippen LogP contribution in [-0.4, -0.2) is 43.4 Å². The third-order valence-electron chi connectivity index (χ3n) is 2.43. The van der Waals surface area contributed by atoms with E-state index in [1.54, 1.807) is 20.3 Å². The number of hydrazine groups is 1. The van der Waals surface area contributed by atoms with E-state index in [0.717, 1.165) is 12.2 Å². The molecule has 0 aliphatic rings. The smallest absolute Gasteiger partial charge is 0.145 e. The summed E-state index contributed by atoms with van der Waals surface area (Å²) in [5.74, 6) is 7.39. The summed E-state index contributed by atoms with van der Waals surface area (Å²) in [5.41, 5.74) is 2.52. The zero-order valence-corrected chi connectivity index (χ0v) is 11.1. The monoisotopic (exact) mass is 255 g/mol. The molecule has 0 saturated heterocycles. The van der Waals surface area contributed by atoms with Gasteiger partial charge in [0.05, 0.1) is 12.7 Å². The number of nitrogen functional groups attached to an aromatic ring is 1. The molecule has 1 heterocycles. The zero-order valence-electron chi connectivity index (χ0n) is 11.1. The van der Waals surface area contributed by atoms with Crippen LogP contribution in [0.5, 0.6) is 0 Å². The van der Waals surface area contributed by atoms with Gasteiger partial charge in [-0.15, -0.1) is 0 Å². The minimum Gasteiger partial charge on any atom is -0.382 e. The standard InChI is InChI=1S/C11H21N5O2/c1-4-9-14-10(5-11(15-9)16-12)13-6-8(18-3)7-17-2/h5,8H,4,6-7,12H2,1-3H3,(H2,13,14,15,16). The van der Waals surface area contributed by atoms with Crippen molar-refractivity contribution in [2.24, 2.45) is 5.84 Å². The van der Waals surface area contributed by atoms with Crippen molar-refractivity contribution >= 4 is 11.6 Å². The van der Waals surface area contributed by atoms with E-state index >= 15 is 0 Å². The molecule has 7 heteroatoms. The van der Waals surface area contributed by atoms with Crippen LogP contribution in [0.2, 0.25) is 0 Å². The van der Waals surface area contributed by atoms with E-state index in [0.29, 0.717) is 24.8 Å². The van der Waals surface area contributed by atoms with Gasteiger partial charge in [0.15, 0.2) is 0 Å². The first-order valence-corrected chi connectivity index (χ1v) is 5.83. The Morgan fingerprint density at radius 2 is 2.06 bits per heavy atom. The van der Waals surface area contributed by atoms with E-state index < -0.39 is 0 Å². The fraction of sp³-hybridized carbons (Fsp3) is 0.636. The van der Waals surface area contributed by atoms with Crippen molar-refractivity contribution in [2.75, 3.05) is 38.1 Å². The summed E-state index contributed by atoms with van der Waals surface area (Å²) in [6.07, 6.45) is 0.722. The normalized spacial score (nSPS) is 12.2. The van der Waals surface area contributed by atoms with Crippen LogP contribution in [0.4, 0.5) is 11.6 Å². The molecule has 1 aromatic heterocycles. The van der Waals surface area contributed by atoms with Gasteiger partial charge in [-0.2, -0.15) is 0 Å². The lowest BCUT2D eigenvalue weighted by Gasteiger charge is -2.16. The van der Waals surface area contributed by atoms with Crippen LogP contribution in [0.1, 0.15) is 12.7 Å². The first-order chi connectivity index (χ1) is 8.73. The third-order valence-corrected chi connectivity index (χ3v) is 2.43. The summed E-state index contributed by atoms with van der Waals surface area (Å²) in [6, 6.07) is 1.75. The predicted molar refractivity (Wildman–Crippen MR) is 70.4 cm³/mol. The minimum atomic E-state index is -0.0238. The molecule has 102 valence electrons. The first-order valence-electron chi connectivity index (χ1n) is 5.83. The van der Waals surface area contributed by atoms with Crippen molar-refractivity contribution in [2.45, 2.75) is 19.4 Å². The molecule has 0 saturated carbocycles. The van der Waals surface area contributed by atoms with Crippen molar-refractivity contribution in [3.8, 4) is 0 Å². The fourth-order valence-electron chi connectivity index (χ4n) is 1.43. The maximum Gasteiger partial charge on any atom is 0.145 e. The summed E-state index contributed by atoms with van der Waals surface area (Å²) >= 11 is 0. The zero-order chi connectivity index (χ0) is 13.4. The lowest BCUT2D eigenvalue weighted by molar-refractivity contribution is 0.0365. The molecule has 1 rings (SSSR count). The molecule has 18 heavy (non-hydrogen) atoms. The number of hydrogen-bond donors (Lipinski definition) is 3. The highest BCUT2D eigenvalue weighted by molar-refractivity contribution is 5.46. The van der Waals surface area contributed by atoms with E-state index in [1.807, 2.05) is 6.92 Å². The van der Waals surface area contributed by atoms with Crippen LogP contribution in [0, 0.1) is 0 Å². The number of aryl methyl sites for hydroxylation is 1. The number of nitrogens with zero attached hydrogens (tertiary/aromatic N) is 2. The highest BCUT2D eigenvalue weighted by atomic mass is 16.5. The van der Waals surface area contributed by atoms with Crippen molar-refractivity contribution in [1.29, 1.82) is 0 Å². The summed E-state index contributed by atoms with van der Waals surface area (Å²) in [5, 5.41) is 3.18. The Morgan fingerprint density at radius 1 is 1.33 bits per heavy atom. The maximum atomic E-state index is 5.36. The summed E-state index contributed by atoms with van der Waals surface area (Å²) < 4.78 is 10.3. The Balaban J connectivity index is 2.65. The largest absolute Gasteiger partial charge is 0.382 e. The highest BCUT2D eigenvalue weighted by Crippen LogP contribution is 2.11. The molecule has 7 nitrogen and oxygen atoms in total.